The minimum atomic E-state index is -0.168. The van der Waals surface area contributed by atoms with E-state index in [-0.39, 0.29) is 5.91 Å². The number of hydrazone groups is 1. The monoisotopic (exact) mass is 272 g/mol. The van der Waals surface area contributed by atoms with Crippen molar-refractivity contribution in [3.05, 3.63) is 57.3 Å². The number of carbonyl (C=O) groups excluding carboxylic acids is 1. The summed E-state index contributed by atoms with van der Waals surface area (Å²) in [5.41, 5.74) is 6.87. The summed E-state index contributed by atoms with van der Waals surface area (Å²) in [6, 6.07) is 9.77. The van der Waals surface area contributed by atoms with Gasteiger partial charge in [-0.25, -0.2) is 5.43 Å². The van der Waals surface area contributed by atoms with Gasteiger partial charge in [0.15, 0.2) is 0 Å². The van der Waals surface area contributed by atoms with Crippen LogP contribution in [0.1, 0.15) is 33.3 Å². The lowest BCUT2D eigenvalue weighted by Crippen LogP contribution is -2.18. The van der Waals surface area contributed by atoms with E-state index in [2.05, 4.69) is 36.5 Å². The second-order valence-electron chi connectivity index (χ2n) is 4.41. The lowest BCUT2D eigenvalue weighted by Gasteiger charge is -2.05. The molecule has 0 fully saturated rings. The number of hydrogen-bond acceptors (Lipinski definition) is 3. The highest BCUT2D eigenvalue weighted by atomic mass is 32.1. The van der Waals surface area contributed by atoms with Crippen LogP contribution in [0.15, 0.2) is 40.8 Å². The predicted molar refractivity (Wildman–Crippen MR) is 79.9 cm³/mol. The standard InChI is InChI=1S/C15H16N2OS/c1-10-6-7-13(9-11(10)2)12(3)16-17-15(18)14-5-4-8-19-14/h4-9H,1-3H3,(H,17,18)/b16-12+. The highest BCUT2D eigenvalue weighted by molar-refractivity contribution is 7.12. The van der Waals surface area contributed by atoms with E-state index in [1.54, 1.807) is 6.07 Å². The minimum Gasteiger partial charge on any atom is -0.266 e. The SMILES string of the molecule is C/C(=N\NC(=O)c1cccs1)c1ccc(C)c(C)c1. The Morgan fingerprint density at radius 1 is 1.21 bits per heavy atom. The van der Waals surface area contributed by atoms with Crippen molar-refractivity contribution in [1.29, 1.82) is 0 Å². The number of hydrogen-bond donors (Lipinski definition) is 1. The van der Waals surface area contributed by atoms with Gasteiger partial charge in [-0.15, -0.1) is 11.3 Å². The Morgan fingerprint density at radius 3 is 2.63 bits per heavy atom. The minimum absolute atomic E-state index is 0.168. The van der Waals surface area contributed by atoms with Crippen molar-refractivity contribution in [2.45, 2.75) is 20.8 Å². The van der Waals surface area contributed by atoms with Crippen molar-refractivity contribution in [2.24, 2.45) is 5.10 Å². The third-order valence-corrected chi connectivity index (χ3v) is 3.86. The maximum Gasteiger partial charge on any atom is 0.281 e. The van der Waals surface area contributed by atoms with E-state index >= 15 is 0 Å². The normalized spacial score (nSPS) is 11.4. The number of benzene rings is 1. The molecule has 19 heavy (non-hydrogen) atoms. The molecule has 1 heterocycles. The number of nitrogens with zero attached hydrogens (tertiary/aromatic N) is 1. The number of aryl methyl sites for hydroxylation is 2. The molecule has 4 heteroatoms. The predicted octanol–water partition coefficient (Wildman–Crippen LogP) is 3.52. The molecule has 0 atom stereocenters. The van der Waals surface area contributed by atoms with Crippen molar-refractivity contribution in [2.75, 3.05) is 0 Å². The van der Waals surface area contributed by atoms with E-state index in [0.717, 1.165) is 11.3 Å². The highest BCUT2D eigenvalue weighted by Gasteiger charge is 2.05. The average Bonchev–Trinajstić information content (AvgIpc) is 2.92. The van der Waals surface area contributed by atoms with Crippen LogP contribution in [0.2, 0.25) is 0 Å². The van der Waals surface area contributed by atoms with Crippen LogP contribution in [0.5, 0.6) is 0 Å². The van der Waals surface area contributed by atoms with Gasteiger partial charge in [0.2, 0.25) is 0 Å². The summed E-state index contributed by atoms with van der Waals surface area (Å²) in [5, 5.41) is 6.01. The maximum absolute atomic E-state index is 11.8. The smallest absolute Gasteiger partial charge is 0.266 e. The number of carbonyl (C=O) groups is 1. The molecule has 0 spiro atoms. The zero-order valence-corrected chi connectivity index (χ0v) is 12.0. The molecule has 2 rings (SSSR count). The Morgan fingerprint density at radius 2 is 2.00 bits per heavy atom. The Labute approximate surface area is 117 Å². The zero-order valence-electron chi connectivity index (χ0n) is 11.2. The maximum atomic E-state index is 11.8. The number of thiophene rings is 1. The molecular formula is C15H16N2OS. The fourth-order valence-corrected chi connectivity index (χ4v) is 2.24. The fourth-order valence-electron chi connectivity index (χ4n) is 1.63. The van der Waals surface area contributed by atoms with E-state index in [1.807, 2.05) is 24.4 Å². The summed E-state index contributed by atoms with van der Waals surface area (Å²) in [7, 11) is 0. The van der Waals surface area contributed by atoms with Crippen LogP contribution in [-0.2, 0) is 0 Å². The summed E-state index contributed by atoms with van der Waals surface area (Å²) in [6.45, 7) is 6.03. The van der Waals surface area contributed by atoms with Gasteiger partial charge in [-0.3, -0.25) is 4.79 Å². The highest BCUT2D eigenvalue weighted by Crippen LogP contribution is 2.11. The second-order valence-corrected chi connectivity index (χ2v) is 5.36. The van der Waals surface area contributed by atoms with Crippen LogP contribution < -0.4 is 5.43 Å². The molecule has 0 saturated carbocycles. The van der Waals surface area contributed by atoms with Crippen molar-refractivity contribution >= 4 is 23.0 Å². The molecule has 0 radical (unpaired) electrons. The number of rotatable bonds is 3. The molecule has 0 bridgehead atoms. The van der Waals surface area contributed by atoms with Crippen molar-refractivity contribution in [3.63, 3.8) is 0 Å². The van der Waals surface area contributed by atoms with E-state index in [1.165, 1.54) is 22.5 Å². The quantitative estimate of drug-likeness (QED) is 0.674. The molecule has 0 aliphatic carbocycles. The molecule has 3 nitrogen and oxygen atoms in total. The molecule has 0 saturated heterocycles. The summed E-state index contributed by atoms with van der Waals surface area (Å²) < 4.78 is 0. The van der Waals surface area contributed by atoms with E-state index in [0.29, 0.717) is 4.88 Å². The van der Waals surface area contributed by atoms with Gasteiger partial charge in [0.25, 0.3) is 5.91 Å². The Balaban J connectivity index is 2.10. The molecule has 1 amide bonds. The Hall–Kier alpha value is -1.94. The first-order valence-electron chi connectivity index (χ1n) is 6.03. The molecule has 1 N–H and O–H groups in total. The lowest BCUT2D eigenvalue weighted by molar-refractivity contribution is 0.0959. The van der Waals surface area contributed by atoms with Gasteiger partial charge >= 0.3 is 0 Å². The summed E-state index contributed by atoms with van der Waals surface area (Å²) in [4.78, 5) is 12.4. The Bertz CT molecular complexity index is 615. The molecule has 98 valence electrons. The summed E-state index contributed by atoms with van der Waals surface area (Å²) in [6.07, 6.45) is 0. The van der Waals surface area contributed by atoms with E-state index < -0.39 is 0 Å². The van der Waals surface area contributed by atoms with Crippen LogP contribution >= 0.6 is 11.3 Å². The third kappa shape index (κ3) is 3.29. The lowest BCUT2D eigenvalue weighted by atomic mass is 10.0. The van der Waals surface area contributed by atoms with Crippen LogP contribution in [0.3, 0.4) is 0 Å². The van der Waals surface area contributed by atoms with Gasteiger partial charge < -0.3 is 0 Å². The zero-order chi connectivity index (χ0) is 13.8. The van der Waals surface area contributed by atoms with Crippen molar-refractivity contribution < 1.29 is 4.79 Å². The van der Waals surface area contributed by atoms with Crippen molar-refractivity contribution in [1.82, 2.24) is 5.43 Å². The topological polar surface area (TPSA) is 41.5 Å². The van der Waals surface area contributed by atoms with E-state index in [9.17, 15) is 4.79 Å². The molecule has 0 aliphatic rings. The van der Waals surface area contributed by atoms with Crippen molar-refractivity contribution in [3.8, 4) is 0 Å². The van der Waals surface area contributed by atoms with Gasteiger partial charge in [-0.1, -0.05) is 18.2 Å². The molecule has 1 aromatic heterocycles. The van der Waals surface area contributed by atoms with Crippen LogP contribution in [0, 0.1) is 13.8 Å². The van der Waals surface area contributed by atoms with Crippen LogP contribution in [0.4, 0.5) is 0 Å². The first kappa shape index (κ1) is 13.5. The fraction of sp³-hybridized carbons (Fsp3) is 0.200. The van der Waals surface area contributed by atoms with Gasteiger partial charge in [0, 0.05) is 0 Å². The van der Waals surface area contributed by atoms with Gasteiger partial charge in [-0.05, 0) is 55.0 Å². The first-order valence-corrected chi connectivity index (χ1v) is 6.91. The molecule has 0 unspecified atom stereocenters. The first-order chi connectivity index (χ1) is 9.08. The summed E-state index contributed by atoms with van der Waals surface area (Å²) >= 11 is 1.40. The summed E-state index contributed by atoms with van der Waals surface area (Å²) in [5.74, 6) is -0.168. The molecule has 2 aromatic rings. The number of nitrogens with one attached hydrogen (secondary N) is 1. The van der Waals surface area contributed by atoms with Gasteiger partial charge in [-0.2, -0.15) is 5.10 Å². The molecule has 1 aromatic carbocycles. The van der Waals surface area contributed by atoms with Gasteiger partial charge in [0.05, 0.1) is 10.6 Å². The van der Waals surface area contributed by atoms with Gasteiger partial charge in [0.1, 0.15) is 0 Å². The number of amides is 1. The van der Waals surface area contributed by atoms with Crippen LogP contribution in [0.25, 0.3) is 0 Å². The second kappa shape index (κ2) is 5.80. The third-order valence-electron chi connectivity index (χ3n) is 2.99. The Kier molecular flexibility index (Phi) is 4.12. The molecular weight excluding hydrogens is 256 g/mol. The molecule has 0 aliphatic heterocycles. The largest absolute Gasteiger partial charge is 0.281 e. The van der Waals surface area contributed by atoms with Crippen LogP contribution in [-0.4, -0.2) is 11.6 Å². The van der Waals surface area contributed by atoms with E-state index in [4.69, 9.17) is 0 Å². The average molecular weight is 272 g/mol.